The third-order valence-electron chi connectivity index (χ3n) is 4.72. The molecule has 2 aliphatic rings. The normalized spacial score (nSPS) is 17.0. The van der Waals surface area contributed by atoms with E-state index in [-0.39, 0.29) is 0 Å². The van der Waals surface area contributed by atoms with Crippen molar-refractivity contribution in [2.24, 2.45) is 9.98 Å². The number of aliphatic imine (C=N–C) groups is 2. The molecule has 26 heavy (non-hydrogen) atoms. The summed E-state index contributed by atoms with van der Waals surface area (Å²) < 4.78 is 0. The second-order valence-corrected chi connectivity index (χ2v) is 10.4. The fraction of sp³-hybridized carbons (Fsp3) is 0.200. The second-order valence-electron chi connectivity index (χ2n) is 6.31. The number of hydrogen-bond donors (Lipinski definition) is 0. The maximum Gasteiger partial charge on any atom is 0.243 e. The predicted octanol–water partition coefficient (Wildman–Crippen LogP) is 0.714. The monoisotopic (exact) mass is 371 g/mol. The van der Waals surface area contributed by atoms with Crippen LogP contribution < -0.4 is 15.8 Å². The van der Waals surface area contributed by atoms with Gasteiger partial charge in [0.25, 0.3) is 0 Å². The molecular weight excluding hydrogens is 352 g/mol. The van der Waals surface area contributed by atoms with E-state index in [0.29, 0.717) is 0 Å². The summed E-state index contributed by atoms with van der Waals surface area (Å²) >= 11 is 0. The molecule has 0 fully saturated rings. The fourth-order valence-electron chi connectivity index (χ4n) is 3.54. The molecule has 2 aromatic heterocycles. The van der Waals surface area contributed by atoms with Crippen LogP contribution in [0.15, 0.2) is 77.0 Å². The average Bonchev–Trinajstić information content (AvgIpc) is 2.72. The van der Waals surface area contributed by atoms with Gasteiger partial charge < -0.3 is 0 Å². The number of allylic oxidation sites excluding steroid dienone is 2. The molecule has 0 saturated carbocycles. The van der Waals surface area contributed by atoms with Crippen LogP contribution in [-0.2, 0) is 0 Å². The second kappa shape index (κ2) is 7.43. The van der Waals surface area contributed by atoms with Crippen molar-refractivity contribution in [3.63, 3.8) is 0 Å². The van der Waals surface area contributed by atoms with Crippen molar-refractivity contribution in [1.82, 2.24) is 9.97 Å². The van der Waals surface area contributed by atoms with Gasteiger partial charge in [0.2, 0.25) is 8.07 Å². The summed E-state index contributed by atoms with van der Waals surface area (Å²) in [5.74, 6) is 0. The Morgan fingerprint density at radius 1 is 0.846 bits per heavy atom. The lowest BCUT2D eigenvalue weighted by molar-refractivity contribution is 0.994. The maximum atomic E-state index is 4.95. The Morgan fingerprint density at radius 3 is 2.08 bits per heavy atom. The average molecular weight is 372 g/mol. The molecule has 0 unspecified atom stereocenters. The highest BCUT2D eigenvalue weighted by atomic mass is 28.3. The van der Waals surface area contributed by atoms with E-state index in [1.807, 2.05) is 24.5 Å². The van der Waals surface area contributed by atoms with Gasteiger partial charge in [0.1, 0.15) is 0 Å². The Bertz CT molecular complexity index is 867. The Labute approximate surface area is 158 Å². The lowest BCUT2D eigenvalue weighted by Crippen LogP contribution is -2.71. The molecule has 0 spiro atoms. The lowest BCUT2D eigenvalue weighted by Gasteiger charge is -2.33. The molecule has 0 amide bonds. The highest BCUT2D eigenvalue weighted by molar-refractivity contribution is 7.41. The number of pyridine rings is 2. The summed E-state index contributed by atoms with van der Waals surface area (Å²) in [6, 6.07) is 10.3. The van der Waals surface area contributed by atoms with Crippen molar-refractivity contribution in [2.45, 2.75) is 12.8 Å². The van der Waals surface area contributed by atoms with Gasteiger partial charge >= 0.3 is 0 Å². The molecule has 2 aromatic rings. The number of nitrogens with zero attached hydrogens (tertiary/aromatic N) is 4. The van der Waals surface area contributed by atoms with Crippen LogP contribution in [0.25, 0.3) is 0 Å². The third-order valence-corrected chi connectivity index (χ3v) is 9.43. The highest BCUT2D eigenvalue weighted by Gasteiger charge is 2.48. The van der Waals surface area contributed by atoms with Crippen molar-refractivity contribution in [3.05, 3.63) is 67.0 Å². The largest absolute Gasteiger partial charge is 0.293 e. The molecular formula is C20H19N4Si2. The van der Waals surface area contributed by atoms with E-state index in [9.17, 15) is 0 Å². The zero-order valence-corrected chi connectivity index (χ0v) is 16.5. The molecule has 4 heterocycles. The number of aromatic nitrogens is 2. The minimum atomic E-state index is -2.64. The van der Waals surface area contributed by atoms with Gasteiger partial charge in [0.15, 0.2) is 0 Å². The first kappa shape index (κ1) is 17.0. The quantitative estimate of drug-likeness (QED) is 0.744. The van der Waals surface area contributed by atoms with Gasteiger partial charge in [-0.2, -0.15) is 0 Å². The van der Waals surface area contributed by atoms with E-state index in [2.05, 4.69) is 57.7 Å². The van der Waals surface area contributed by atoms with E-state index in [0.717, 1.165) is 52.4 Å². The minimum Gasteiger partial charge on any atom is -0.293 e. The van der Waals surface area contributed by atoms with Crippen LogP contribution in [0.5, 0.6) is 0 Å². The van der Waals surface area contributed by atoms with E-state index >= 15 is 0 Å². The first-order chi connectivity index (χ1) is 12.8. The van der Waals surface area contributed by atoms with Gasteiger partial charge in [-0.05, 0) is 48.4 Å². The van der Waals surface area contributed by atoms with Crippen molar-refractivity contribution in [3.8, 4) is 0 Å². The van der Waals surface area contributed by atoms with Crippen LogP contribution in [-0.4, -0.2) is 52.0 Å². The van der Waals surface area contributed by atoms with Gasteiger partial charge in [-0.1, -0.05) is 24.3 Å². The summed E-state index contributed by atoms with van der Waals surface area (Å²) in [6.07, 6.45) is 14.6. The molecule has 3 radical (unpaired) electrons. The molecule has 0 aliphatic carbocycles. The first-order valence-corrected chi connectivity index (χ1v) is 11.3. The number of dihydropyridines is 2. The molecule has 0 aromatic carbocycles. The van der Waals surface area contributed by atoms with E-state index < -0.39 is 8.07 Å². The van der Waals surface area contributed by atoms with Crippen LogP contribution in [0, 0.1) is 0 Å². The third kappa shape index (κ3) is 2.95. The Morgan fingerprint density at radius 2 is 1.58 bits per heavy atom. The SMILES string of the molecule is [Si]c1ccc([Si](C2=NCCC=C2)(C2=NCCC=C2)c2ccccn2)cn1. The molecule has 6 heteroatoms. The Balaban J connectivity index is 2.04. The smallest absolute Gasteiger partial charge is 0.243 e. The lowest BCUT2D eigenvalue weighted by atomic mass is 10.3. The van der Waals surface area contributed by atoms with Gasteiger partial charge in [-0.15, -0.1) is 0 Å². The summed E-state index contributed by atoms with van der Waals surface area (Å²) in [4.78, 5) is 19.2. The van der Waals surface area contributed by atoms with Crippen LogP contribution in [0.1, 0.15) is 12.8 Å². The van der Waals surface area contributed by atoms with E-state index in [4.69, 9.17) is 15.0 Å². The van der Waals surface area contributed by atoms with Crippen LogP contribution in [0.3, 0.4) is 0 Å². The highest BCUT2D eigenvalue weighted by Crippen LogP contribution is 2.17. The minimum absolute atomic E-state index is 0.814. The first-order valence-electron chi connectivity index (χ1n) is 8.84. The Hall–Kier alpha value is -2.45. The van der Waals surface area contributed by atoms with Crippen LogP contribution in [0.4, 0.5) is 0 Å². The summed E-state index contributed by atoms with van der Waals surface area (Å²) in [6.45, 7) is 1.63. The number of hydrogen-bond acceptors (Lipinski definition) is 4. The van der Waals surface area contributed by atoms with Gasteiger partial charge in [0.05, 0.1) is 10.2 Å². The standard InChI is InChI=1S/C20H19N4Si2/c25-17-11-10-16(15-24-17)26(18-7-1-4-12-21-18,19-8-2-5-13-22-19)20-9-3-6-14-23-20/h1-4,7-12,15H,5-6,13-14H2. The van der Waals surface area contributed by atoms with Gasteiger partial charge in [0, 0.05) is 46.8 Å². The Kier molecular flexibility index (Phi) is 4.86. The molecule has 2 aliphatic heterocycles. The molecule has 0 atom stereocenters. The summed E-state index contributed by atoms with van der Waals surface area (Å²) in [5, 5.41) is 5.25. The molecule has 0 N–H and O–H groups in total. The summed E-state index contributed by atoms with van der Waals surface area (Å²) in [5.41, 5.74) is 0. The predicted molar refractivity (Wildman–Crippen MR) is 111 cm³/mol. The zero-order valence-electron chi connectivity index (χ0n) is 14.5. The molecule has 127 valence electrons. The van der Waals surface area contributed by atoms with Crippen molar-refractivity contribution in [2.75, 3.05) is 13.1 Å². The fourth-order valence-corrected chi connectivity index (χ4v) is 8.00. The number of rotatable bonds is 4. The van der Waals surface area contributed by atoms with Crippen molar-refractivity contribution >= 4 is 44.8 Å². The van der Waals surface area contributed by atoms with Crippen LogP contribution in [0.2, 0.25) is 0 Å². The molecule has 0 saturated heterocycles. The van der Waals surface area contributed by atoms with Crippen molar-refractivity contribution < 1.29 is 0 Å². The van der Waals surface area contributed by atoms with E-state index in [1.165, 1.54) is 0 Å². The molecule has 4 nitrogen and oxygen atoms in total. The molecule has 0 bridgehead atoms. The van der Waals surface area contributed by atoms with Gasteiger partial charge in [-0.25, -0.2) is 0 Å². The topological polar surface area (TPSA) is 50.5 Å². The summed E-state index contributed by atoms with van der Waals surface area (Å²) in [7, 11) is 0.876. The maximum absolute atomic E-state index is 4.95. The van der Waals surface area contributed by atoms with Gasteiger partial charge in [-0.3, -0.25) is 20.0 Å². The van der Waals surface area contributed by atoms with Crippen LogP contribution >= 0.6 is 0 Å². The van der Waals surface area contributed by atoms with Crippen molar-refractivity contribution in [1.29, 1.82) is 0 Å². The molecule has 4 rings (SSSR count). The zero-order chi connectivity index (χ0) is 17.8. The van der Waals surface area contributed by atoms with E-state index in [1.54, 1.807) is 0 Å².